The van der Waals surface area contributed by atoms with Gasteiger partial charge in [0.2, 0.25) is 5.75 Å². The molecule has 0 heterocycles. The summed E-state index contributed by atoms with van der Waals surface area (Å²) in [6.07, 6.45) is 0.0923. The summed E-state index contributed by atoms with van der Waals surface area (Å²) >= 11 is 3.36. The number of carbonyl (C=O) groups excluding carboxylic acids is 1. The highest BCUT2D eigenvalue weighted by Crippen LogP contribution is 2.38. The Morgan fingerprint density at radius 3 is 2.08 bits per heavy atom. The highest BCUT2D eigenvalue weighted by Gasteiger charge is 2.15. The van der Waals surface area contributed by atoms with Crippen LogP contribution in [0.1, 0.15) is 5.56 Å². The lowest BCUT2D eigenvalue weighted by Gasteiger charge is -2.14. The molecule has 0 bridgehead atoms. The van der Waals surface area contributed by atoms with Gasteiger partial charge in [0.1, 0.15) is 19.0 Å². The molecular formula is C19H21BrO6. The van der Waals surface area contributed by atoms with Gasteiger partial charge in [-0.15, -0.1) is 0 Å². The van der Waals surface area contributed by atoms with Gasteiger partial charge in [0.15, 0.2) is 11.5 Å². The predicted octanol–water partition coefficient (Wildman–Crippen LogP) is 3.64. The molecule has 6 nitrogen and oxygen atoms in total. The highest BCUT2D eigenvalue weighted by atomic mass is 79.9. The molecule has 0 atom stereocenters. The molecule has 0 saturated carbocycles. The molecule has 0 saturated heterocycles. The van der Waals surface area contributed by atoms with E-state index in [1.54, 1.807) is 12.1 Å². The van der Waals surface area contributed by atoms with Gasteiger partial charge in [0, 0.05) is 4.47 Å². The van der Waals surface area contributed by atoms with Crippen LogP contribution >= 0.6 is 15.9 Å². The summed E-state index contributed by atoms with van der Waals surface area (Å²) in [4.78, 5) is 12.0. The van der Waals surface area contributed by atoms with E-state index >= 15 is 0 Å². The van der Waals surface area contributed by atoms with E-state index in [-0.39, 0.29) is 25.6 Å². The fourth-order valence-corrected chi connectivity index (χ4v) is 2.57. The Morgan fingerprint density at radius 1 is 0.923 bits per heavy atom. The van der Waals surface area contributed by atoms with Gasteiger partial charge in [0.05, 0.1) is 27.8 Å². The van der Waals surface area contributed by atoms with Crippen molar-refractivity contribution in [3.63, 3.8) is 0 Å². The topological polar surface area (TPSA) is 63.2 Å². The molecule has 0 aliphatic rings. The quantitative estimate of drug-likeness (QED) is 0.452. The summed E-state index contributed by atoms with van der Waals surface area (Å²) in [7, 11) is 4.58. The average molecular weight is 425 g/mol. The molecule has 0 amide bonds. The van der Waals surface area contributed by atoms with E-state index in [4.69, 9.17) is 23.7 Å². The second kappa shape index (κ2) is 9.91. The van der Waals surface area contributed by atoms with Crippen LogP contribution in [-0.2, 0) is 16.0 Å². The number of carbonyl (C=O) groups is 1. The van der Waals surface area contributed by atoms with Crippen LogP contribution in [0.3, 0.4) is 0 Å². The Balaban J connectivity index is 1.86. The number of rotatable bonds is 9. The van der Waals surface area contributed by atoms with Crippen molar-refractivity contribution < 1.29 is 28.5 Å². The third kappa shape index (κ3) is 5.56. The van der Waals surface area contributed by atoms with Gasteiger partial charge in [-0.1, -0.05) is 15.9 Å². The van der Waals surface area contributed by atoms with Crippen LogP contribution < -0.4 is 18.9 Å². The first kappa shape index (κ1) is 19.9. The molecule has 0 N–H and O–H groups in total. The van der Waals surface area contributed by atoms with Gasteiger partial charge in [-0.25, -0.2) is 0 Å². The number of esters is 1. The fourth-order valence-electron chi connectivity index (χ4n) is 2.30. The van der Waals surface area contributed by atoms with Crippen LogP contribution in [-0.4, -0.2) is 40.5 Å². The van der Waals surface area contributed by atoms with Gasteiger partial charge in [-0.3, -0.25) is 4.79 Å². The second-order valence-electron chi connectivity index (χ2n) is 5.23. The first-order valence-corrected chi connectivity index (χ1v) is 8.69. The molecule has 26 heavy (non-hydrogen) atoms. The zero-order chi connectivity index (χ0) is 18.9. The molecule has 0 aromatic heterocycles. The Morgan fingerprint density at radius 2 is 1.54 bits per heavy atom. The lowest BCUT2D eigenvalue weighted by molar-refractivity contribution is -0.143. The van der Waals surface area contributed by atoms with Crippen LogP contribution in [0.15, 0.2) is 40.9 Å². The van der Waals surface area contributed by atoms with E-state index in [0.29, 0.717) is 28.6 Å². The summed E-state index contributed by atoms with van der Waals surface area (Å²) in [5.41, 5.74) is 0.707. The SMILES string of the molecule is COc1cc(CC(=O)OCCOc2ccc(Br)cc2)cc(OC)c1OC. The van der Waals surface area contributed by atoms with Crippen LogP contribution in [0.25, 0.3) is 0 Å². The van der Waals surface area contributed by atoms with Gasteiger partial charge < -0.3 is 23.7 Å². The van der Waals surface area contributed by atoms with E-state index in [2.05, 4.69) is 15.9 Å². The Labute approximate surface area is 161 Å². The number of hydrogen-bond acceptors (Lipinski definition) is 6. The molecule has 0 aliphatic carbocycles. The normalized spacial score (nSPS) is 10.2. The van der Waals surface area contributed by atoms with Crippen molar-refractivity contribution in [3.05, 3.63) is 46.4 Å². The molecule has 0 aliphatic heterocycles. The van der Waals surface area contributed by atoms with Crippen molar-refractivity contribution >= 4 is 21.9 Å². The molecule has 0 fully saturated rings. The van der Waals surface area contributed by atoms with Crippen molar-refractivity contribution in [2.24, 2.45) is 0 Å². The molecule has 140 valence electrons. The minimum atomic E-state index is -0.362. The molecule has 7 heteroatoms. The lowest BCUT2D eigenvalue weighted by atomic mass is 10.1. The van der Waals surface area contributed by atoms with Crippen molar-refractivity contribution in [1.29, 1.82) is 0 Å². The fraction of sp³-hybridized carbons (Fsp3) is 0.316. The maximum absolute atomic E-state index is 12.0. The zero-order valence-corrected chi connectivity index (χ0v) is 16.5. The largest absolute Gasteiger partial charge is 0.493 e. The average Bonchev–Trinajstić information content (AvgIpc) is 2.65. The van der Waals surface area contributed by atoms with E-state index < -0.39 is 0 Å². The second-order valence-corrected chi connectivity index (χ2v) is 6.15. The minimum absolute atomic E-state index is 0.0923. The van der Waals surface area contributed by atoms with Crippen molar-refractivity contribution in [2.45, 2.75) is 6.42 Å². The third-order valence-corrected chi connectivity index (χ3v) is 4.03. The first-order valence-electron chi connectivity index (χ1n) is 7.90. The van der Waals surface area contributed by atoms with Crippen molar-refractivity contribution in [3.8, 4) is 23.0 Å². The zero-order valence-electron chi connectivity index (χ0n) is 14.9. The maximum atomic E-state index is 12.0. The standard InChI is InChI=1S/C19H21BrO6/c1-22-16-10-13(11-17(23-2)19(16)24-3)12-18(21)26-9-8-25-15-6-4-14(20)5-7-15/h4-7,10-11H,8-9,12H2,1-3H3. The summed E-state index contributed by atoms with van der Waals surface area (Å²) in [6, 6.07) is 10.9. The maximum Gasteiger partial charge on any atom is 0.310 e. The molecule has 2 rings (SSSR count). The van der Waals surface area contributed by atoms with E-state index in [0.717, 1.165) is 4.47 Å². The van der Waals surface area contributed by atoms with Crippen LogP contribution in [0, 0.1) is 0 Å². The van der Waals surface area contributed by atoms with Crippen molar-refractivity contribution in [2.75, 3.05) is 34.5 Å². The molecule has 2 aromatic rings. The summed E-state index contributed by atoms with van der Waals surface area (Å²) in [5, 5.41) is 0. The highest BCUT2D eigenvalue weighted by molar-refractivity contribution is 9.10. The summed E-state index contributed by atoms with van der Waals surface area (Å²) in [5.74, 6) is 1.82. The minimum Gasteiger partial charge on any atom is -0.493 e. The molecule has 0 radical (unpaired) electrons. The van der Waals surface area contributed by atoms with Crippen LogP contribution in [0.5, 0.6) is 23.0 Å². The Hall–Kier alpha value is -2.41. The number of benzene rings is 2. The van der Waals surface area contributed by atoms with Gasteiger partial charge in [-0.2, -0.15) is 0 Å². The molecule has 0 unspecified atom stereocenters. The van der Waals surface area contributed by atoms with Gasteiger partial charge in [-0.05, 0) is 42.0 Å². The Bertz CT molecular complexity index is 704. The number of methoxy groups -OCH3 is 3. The van der Waals surface area contributed by atoms with Gasteiger partial charge >= 0.3 is 5.97 Å². The number of ether oxygens (including phenoxy) is 5. The monoisotopic (exact) mass is 424 g/mol. The molecule has 0 spiro atoms. The molecule has 2 aromatic carbocycles. The summed E-state index contributed by atoms with van der Waals surface area (Å²) in [6.45, 7) is 0.446. The van der Waals surface area contributed by atoms with E-state index in [1.807, 2.05) is 24.3 Å². The van der Waals surface area contributed by atoms with Crippen LogP contribution in [0.2, 0.25) is 0 Å². The smallest absolute Gasteiger partial charge is 0.310 e. The van der Waals surface area contributed by atoms with E-state index in [1.165, 1.54) is 21.3 Å². The molecular weight excluding hydrogens is 404 g/mol. The first-order chi connectivity index (χ1) is 12.6. The lowest BCUT2D eigenvalue weighted by Crippen LogP contribution is -2.14. The van der Waals surface area contributed by atoms with Gasteiger partial charge in [0.25, 0.3) is 0 Å². The number of halogens is 1. The van der Waals surface area contributed by atoms with Crippen LogP contribution in [0.4, 0.5) is 0 Å². The van der Waals surface area contributed by atoms with Crippen molar-refractivity contribution in [1.82, 2.24) is 0 Å². The summed E-state index contributed by atoms with van der Waals surface area (Å²) < 4.78 is 27.5. The predicted molar refractivity (Wildman–Crippen MR) is 100 cm³/mol. The van der Waals surface area contributed by atoms with E-state index in [9.17, 15) is 4.79 Å². The number of hydrogen-bond donors (Lipinski definition) is 0. The third-order valence-electron chi connectivity index (χ3n) is 3.50. The Kier molecular flexibility index (Phi) is 7.59.